The predicted octanol–water partition coefficient (Wildman–Crippen LogP) is 4.76. The molecule has 0 aliphatic carbocycles. The average molecular weight is 619 g/mol. The van der Waals surface area contributed by atoms with Crippen molar-refractivity contribution < 1.29 is 45.5 Å². The Balaban J connectivity index is 1.75. The third-order valence-corrected chi connectivity index (χ3v) is 7.13. The number of primary amides is 1. The normalized spacial score (nSPS) is 18.3. The lowest BCUT2D eigenvalue weighted by molar-refractivity contribution is -0.152. The third-order valence-electron chi connectivity index (χ3n) is 6.90. The smallest absolute Gasteiger partial charge is 0.389 e. The van der Waals surface area contributed by atoms with Crippen molar-refractivity contribution in [1.29, 1.82) is 0 Å². The molecule has 4 rings (SSSR count). The zero-order chi connectivity index (χ0) is 30.8. The first-order valence-corrected chi connectivity index (χ1v) is 13.2. The van der Waals surface area contributed by atoms with E-state index in [-0.39, 0.29) is 18.9 Å². The van der Waals surface area contributed by atoms with Gasteiger partial charge < -0.3 is 20.7 Å². The molecule has 226 valence electrons. The maximum absolute atomic E-state index is 13.7. The molecular formula is C27H25ClF6N4O4. The van der Waals surface area contributed by atoms with E-state index in [1.54, 1.807) is 42.5 Å². The fraction of sp³-hybridized carbons (Fsp3) is 0.407. The van der Waals surface area contributed by atoms with Crippen LogP contribution in [-0.2, 0) is 14.4 Å². The largest absolute Gasteiger partial charge is 0.490 e. The maximum atomic E-state index is 13.7. The minimum atomic E-state index is -4.79. The quantitative estimate of drug-likeness (QED) is 0.395. The standard InChI is InChI=1S/C27H25ClF6N4O4/c28-15-4-1-3-14(13-15)20-18-5-2-6-19-21(18)38(11-12-42-19)25(41)23(36-20)37-24(40)17(8-10-27(32,33)34)16(22(35)39)7-9-26(29,30)31/h1-6,13,16-17,23H,7-12H2,(H2,35,39)(H,37,40)/t16-,17+,23-/m1/s1. The van der Waals surface area contributed by atoms with Crippen LogP contribution in [0.2, 0.25) is 5.02 Å². The molecule has 2 aromatic rings. The van der Waals surface area contributed by atoms with Crippen LogP contribution < -0.4 is 20.7 Å². The number of carbonyl (C=O) groups excluding carboxylic acids is 3. The van der Waals surface area contributed by atoms with E-state index < -0.39 is 73.8 Å². The van der Waals surface area contributed by atoms with E-state index in [9.17, 15) is 40.7 Å². The van der Waals surface area contributed by atoms with Crippen LogP contribution in [0.3, 0.4) is 0 Å². The van der Waals surface area contributed by atoms with Crippen LogP contribution in [0.1, 0.15) is 36.8 Å². The predicted molar refractivity (Wildman–Crippen MR) is 140 cm³/mol. The van der Waals surface area contributed by atoms with Gasteiger partial charge in [0.15, 0.2) is 0 Å². The zero-order valence-corrected chi connectivity index (χ0v) is 22.5. The number of rotatable bonds is 9. The molecule has 3 atom stereocenters. The highest BCUT2D eigenvalue weighted by Gasteiger charge is 2.42. The fourth-order valence-corrected chi connectivity index (χ4v) is 5.18. The van der Waals surface area contributed by atoms with E-state index in [1.807, 2.05) is 0 Å². The number of nitrogens with one attached hydrogen (secondary N) is 1. The number of halogens is 7. The number of hydrogen-bond donors (Lipinski definition) is 2. The number of alkyl halides is 6. The minimum Gasteiger partial charge on any atom is -0.490 e. The molecule has 8 nitrogen and oxygen atoms in total. The Hall–Kier alpha value is -3.81. The van der Waals surface area contributed by atoms with Crippen molar-refractivity contribution in [3.8, 4) is 5.75 Å². The second kappa shape index (κ2) is 12.2. The summed E-state index contributed by atoms with van der Waals surface area (Å²) >= 11 is 6.18. The molecular weight excluding hydrogens is 594 g/mol. The summed E-state index contributed by atoms with van der Waals surface area (Å²) in [7, 11) is 0. The lowest BCUT2D eigenvalue weighted by atomic mass is 9.83. The summed E-state index contributed by atoms with van der Waals surface area (Å²) < 4.78 is 83.9. The van der Waals surface area contributed by atoms with Crippen molar-refractivity contribution in [2.45, 2.75) is 44.2 Å². The number of amides is 3. The number of anilines is 1. The van der Waals surface area contributed by atoms with Crippen molar-refractivity contribution in [2.75, 3.05) is 18.1 Å². The molecule has 2 heterocycles. The van der Waals surface area contributed by atoms with E-state index in [0.29, 0.717) is 27.6 Å². The van der Waals surface area contributed by atoms with Crippen molar-refractivity contribution in [1.82, 2.24) is 5.32 Å². The molecule has 3 amide bonds. The van der Waals surface area contributed by atoms with Gasteiger partial charge in [-0.15, -0.1) is 0 Å². The number of aliphatic imine (C=N–C) groups is 1. The molecule has 15 heteroatoms. The molecule has 0 aromatic heterocycles. The number of para-hydroxylation sites is 1. The first-order valence-electron chi connectivity index (χ1n) is 12.8. The van der Waals surface area contributed by atoms with Crippen LogP contribution in [0, 0.1) is 11.8 Å². The summed E-state index contributed by atoms with van der Waals surface area (Å²) in [5.41, 5.74) is 6.68. The van der Waals surface area contributed by atoms with Gasteiger partial charge in [0.05, 0.1) is 17.9 Å². The van der Waals surface area contributed by atoms with Gasteiger partial charge >= 0.3 is 12.4 Å². The SMILES string of the molecule is NC(=O)[C@H](CCC(F)(F)F)[C@H](CCC(F)(F)F)C(=O)N[C@H]1N=C(c2cccc(Cl)c2)c2cccc3c2N(CCO3)C1=O. The molecule has 0 fully saturated rings. The molecule has 0 radical (unpaired) electrons. The van der Waals surface area contributed by atoms with E-state index in [1.165, 1.54) is 4.90 Å². The molecule has 2 aliphatic heterocycles. The highest BCUT2D eigenvalue weighted by Crippen LogP contribution is 2.39. The zero-order valence-electron chi connectivity index (χ0n) is 21.8. The Labute approximate surface area is 240 Å². The Bertz CT molecular complexity index is 1400. The number of benzene rings is 2. The summed E-state index contributed by atoms with van der Waals surface area (Å²) in [6, 6.07) is 11.3. The molecule has 3 N–H and O–H groups in total. The van der Waals surface area contributed by atoms with E-state index in [4.69, 9.17) is 22.1 Å². The molecule has 42 heavy (non-hydrogen) atoms. The van der Waals surface area contributed by atoms with Gasteiger partial charge in [-0.3, -0.25) is 14.4 Å². The highest BCUT2D eigenvalue weighted by atomic mass is 35.5. The Kier molecular flexibility index (Phi) is 9.04. The second-order valence-corrected chi connectivity index (χ2v) is 10.2. The number of carbonyl (C=O) groups is 3. The third kappa shape index (κ3) is 7.33. The molecule has 2 aliphatic rings. The first kappa shape index (κ1) is 31.1. The van der Waals surface area contributed by atoms with Gasteiger partial charge in [-0.25, -0.2) is 4.99 Å². The number of nitrogens with zero attached hydrogens (tertiary/aromatic N) is 2. The summed E-state index contributed by atoms with van der Waals surface area (Å²) in [6.45, 7) is 0.130. The van der Waals surface area contributed by atoms with E-state index in [2.05, 4.69) is 10.3 Å². The van der Waals surface area contributed by atoms with Crippen LogP contribution in [0.25, 0.3) is 0 Å². The highest BCUT2D eigenvalue weighted by molar-refractivity contribution is 6.31. The topological polar surface area (TPSA) is 114 Å². The van der Waals surface area contributed by atoms with E-state index in [0.717, 1.165) is 0 Å². The lowest BCUT2D eigenvalue weighted by Gasteiger charge is -2.31. The monoisotopic (exact) mass is 618 g/mol. The van der Waals surface area contributed by atoms with Gasteiger partial charge in [0, 0.05) is 40.8 Å². The van der Waals surface area contributed by atoms with Crippen molar-refractivity contribution in [2.24, 2.45) is 22.6 Å². The molecule has 0 spiro atoms. The van der Waals surface area contributed by atoms with Crippen molar-refractivity contribution in [3.63, 3.8) is 0 Å². The van der Waals surface area contributed by atoms with Crippen LogP contribution in [0.15, 0.2) is 47.5 Å². The van der Waals surface area contributed by atoms with Gasteiger partial charge in [-0.05, 0) is 31.0 Å². The Morgan fingerprint density at radius 1 is 1.05 bits per heavy atom. The second-order valence-electron chi connectivity index (χ2n) is 9.81. The minimum absolute atomic E-state index is 0.0422. The lowest BCUT2D eigenvalue weighted by Crippen LogP contribution is -2.52. The summed E-state index contributed by atoms with van der Waals surface area (Å²) in [5, 5.41) is 2.61. The van der Waals surface area contributed by atoms with Crippen LogP contribution in [0.4, 0.5) is 32.0 Å². The fourth-order valence-electron chi connectivity index (χ4n) is 4.99. The maximum Gasteiger partial charge on any atom is 0.389 e. The average Bonchev–Trinajstić information content (AvgIpc) is 3.01. The van der Waals surface area contributed by atoms with Gasteiger partial charge in [-0.1, -0.05) is 35.9 Å². The number of nitrogens with two attached hydrogens (primary N) is 1. The van der Waals surface area contributed by atoms with Gasteiger partial charge in [0.2, 0.25) is 18.0 Å². The van der Waals surface area contributed by atoms with Gasteiger partial charge in [0.1, 0.15) is 12.4 Å². The number of ether oxygens (including phenoxy) is 1. The summed E-state index contributed by atoms with van der Waals surface area (Å²) in [5.74, 6) is -6.87. The van der Waals surface area contributed by atoms with Gasteiger partial charge in [0.25, 0.3) is 5.91 Å². The van der Waals surface area contributed by atoms with Crippen molar-refractivity contribution >= 4 is 40.7 Å². The van der Waals surface area contributed by atoms with Gasteiger partial charge in [-0.2, -0.15) is 26.3 Å². The first-order chi connectivity index (χ1) is 19.6. The molecule has 0 bridgehead atoms. The van der Waals surface area contributed by atoms with Crippen LogP contribution in [-0.4, -0.2) is 55.1 Å². The molecule has 0 saturated heterocycles. The summed E-state index contributed by atoms with van der Waals surface area (Å²) in [4.78, 5) is 45.0. The molecule has 0 saturated carbocycles. The molecule has 2 aromatic carbocycles. The van der Waals surface area contributed by atoms with Crippen molar-refractivity contribution in [3.05, 3.63) is 58.6 Å². The molecule has 0 unspecified atom stereocenters. The number of hydrogen-bond acceptors (Lipinski definition) is 5. The Morgan fingerprint density at radius 3 is 2.31 bits per heavy atom. The van der Waals surface area contributed by atoms with Crippen LogP contribution in [0.5, 0.6) is 5.75 Å². The summed E-state index contributed by atoms with van der Waals surface area (Å²) in [6.07, 6.45) is -16.4. The van der Waals surface area contributed by atoms with Crippen LogP contribution >= 0.6 is 11.6 Å². The Morgan fingerprint density at radius 2 is 1.69 bits per heavy atom. The van der Waals surface area contributed by atoms with E-state index >= 15 is 0 Å².